The molecule has 4 heterocycles. The van der Waals surface area contributed by atoms with Crippen LogP contribution in [0.4, 0.5) is 0 Å². The normalized spacial score (nSPS) is 33.2. The van der Waals surface area contributed by atoms with Crippen molar-refractivity contribution in [3.8, 4) is 11.6 Å². The van der Waals surface area contributed by atoms with Gasteiger partial charge in [0.15, 0.2) is 24.3 Å². The highest BCUT2D eigenvalue weighted by atomic mass is 16.7. The highest BCUT2D eigenvalue weighted by Gasteiger charge is 2.54. The Morgan fingerprint density at radius 3 is 2.25 bits per heavy atom. The van der Waals surface area contributed by atoms with Crippen molar-refractivity contribution < 1.29 is 81.6 Å². The molecule has 0 amide bonds. The molecule has 1 aromatic heterocycles. The Labute approximate surface area is 453 Å². The molecule has 0 saturated carbocycles. The highest BCUT2D eigenvalue weighted by molar-refractivity contribution is 5.73. The molecule has 5 unspecified atom stereocenters. The van der Waals surface area contributed by atoms with Gasteiger partial charge in [0, 0.05) is 58.7 Å². The van der Waals surface area contributed by atoms with Gasteiger partial charge in [0.1, 0.15) is 42.6 Å². The summed E-state index contributed by atoms with van der Waals surface area (Å²) in [6.45, 7) is 14.2. The predicted molar refractivity (Wildman–Crippen MR) is 280 cm³/mol. The van der Waals surface area contributed by atoms with E-state index in [1.807, 2.05) is 68.3 Å². The fourth-order valence-electron chi connectivity index (χ4n) is 10.4. The molecule has 5 rings (SSSR count). The van der Waals surface area contributed by atoms with Crippen molar-refractivity contribution in [1.29, 1.82) is 0 Å². The summed E-state index contributed by atoms with van der Waals surface area (Å²) in [4.78, 5) is 68.8. The zero-order valence-corrected chi connectivity index (χ0v) is 46.9. The topological polar surface area (TPSA) is 250 Å². The van der Waals surface area contributed by atoms with E-state index in [1.165, 1.54) is 14.0 Å². The van der Waals surface area contributed by atoms with Gasteiger partial charge in [-0.3, -0.25) is 19.2 Å². The smallest absolute Gasteiger partial charge is 0.309 e. The molecule has 0 bridgehead atoms. The van der Waals surface area contributed by atoms with Gasteiger partial charge >= 0.3 is 23.9 Å². The summed E-state index contributed by atoms with van der Waals surface area (Å²) in [6, 6.07) is 10.1. The Bertz CT molecular complexity index is 2220. The predicted octanol–water partition coefficient (Wildman–Crippen LogP) is 5.52. The Hall–Kier alpha value is -4.97. The molecular formula is C56H84N4O17. The van der Waals surface area contributed by atoms with Gasteiger partial charge in [0.05, 0.1) is 42.6 Å². The summed E-state index contributed by atoms with van der Waals surface area (Å²) in [5.41, 5.74) is 0.316. The molecule has 0 spiro atoms. The van der Waals surface area contributed by atoms with Gasteiger partial charge in [0.25, 0.3) is 0 Å². The number of ether oxygens (including phenoxy) is 10. The molecule has 3 fully saturated rings. The molecule has 21 nitrogen and oxygen atoms in total. The number of aldehydes is 1. The second kappa shape index (κ2) is 29.8. The molecule has 430 valence electrons. The molecule has 3 aliphatic rings. The lowest BCUT2D eigenvalue weighted by atomic mass is 9.82. The first kappa shape index (κ1) is 62.9. The van der Waals surface area contributed by atoms with Gasteiger partial charge in [-0.05, 0) is 110 Å². The number of esters is 4. The third-order valence-electron chi connectivity index (χ3n) is 14.4. The second-order valence-electron chi connectivity index (χ2n) is 21.1. The number of methoxy groups -OCH3 is 1. The van der Waals surface area contributed by atoms with Crippen LogP contribution in [0.2, 0.25) is 0 Å². The number of hydrogen-bond acceptors (Lipinski definition) is 21. The molecule has 2 N–H and O–H groups in total. The Morgan fingerprint density at radius 2 is 1.62 bits per heavy atom. The van der Waals surface area contributed by atoms with E-state index in [1.54, 1.807) is 59.7 Å². The van der Waals surface area contributed by atoms with Crippen LogP contribution in [-0.2, 0) is 66.6 Å². The Balaban J connectivity index is 1.43. The van der Waals surface area contributed by atoms with E-state index >= 15 is 0 Å². The molecule has 77 heavy (non-hydrogen) atoms. The molecular weight excluding hydrogens is 1000 g/mol. The van der Waals surface area contributed by atoms with Crippen molar-refractivity contribution in [1.82, 2.24) is 20.0 Å². The molecule has 0 aliphatic carbocycles. The van der Waals surface area contributed by atoms with Gasteiger partial charge in [-0.15, -0.1) is 5.10 Å². The number of nitrogens with zero attached hydrogens (tertiary/aromatic N) is 4. The maximum Gasteiger partial charge on any atom is 0.309 e. The fraction of sp³-hybridized carbons (Fsp3) is 0.696. The standard InChI is InChI=1S/C56H84N4O17/c1-13-45(64)73-43-30-47(66)72-40(18-15-17-38-21-23-41(24-22-38)71-44-25-20-34(4)57-58-44)19-16-27-60(11)32-42(63)33(3)29-39(26-28-61)52(53(43)68-12)76-55-50(67)49(59(9)10)51(35(5)70-55)75-48-31-56(8,77-37(7)62)54(36(6)69-48)74-46(65)14-2/h15,17,20-25,28,33,35-36,39-40,42-43,48-55,63,67H,13-14,16,18-19,26-27,29-32H2,1-12H3/b17-15+/t33-,35?,36?,39+,40+,42+,43-,48+,49?,50?,51+,52+,53+,54+,55+,56?/m1/s1. The number of carbonyl (C=O) groups excluding carboxylic acids is 5. The minimum Gasteiger partial charge on any atom is -0.462 e. The van der Waals surface area contributed by atoms with Crippen LogP contribution in [0.5, 0.6) is 11.6 Å². The molecule has 0 radical (unpaired) electrons. The molecule has 3 aliphatic heterocycles. The van der Waals surface area contributed by atoms with Crippen molar-refractivity contribution in [3.05, 3.63) is 53.7 Å². The van der Waals surface area contributed by atoms with E-state index in [4.69, 9.17) is 47.4 Å². The molecule has 16 atom stereocenters. The van der Waals surface area contributed by atoms with Crippen molar-refractivity contribution >= 4 is 36.2 Å². The average Bonchev–Trinajstić information content (AvgIpc) is 3.37. The van der Waals surface area contributed by atoms with E-state index in [9.17, 15) is 34.2 Å². The number of likely N-dealkylation sites (N-methyl/N-ethyl adjacent to an activating group) is 2. The lowest BCUT2D eigenvalue weighted by molar-refractivity contribution is -0.344. The van der Waals surface area contributed by atoms with Crippen LogP contribution >= 0.6 is 0 Å². The van der Waals surface area contributed by atoms with Crippen LogP contribution in [0.3, 0.4) is 0 Å². The number of aryl methyl sites for hydroxylation is 1. The summed E-state index contributed by atoms with van der Waals surface area (Å²) < 4.78 is 62.0. The van der Waals surface area contributed by atoms with E-state index in [0.29, 0.717) is 44.0 Å². The third-order valence-corrected chi connectivity index (χ3v) is 14.4. The van der Waals surface area contributed by atoms with Crippen molar-refractivity contribution in [2.24, 2.45) is 11.8 Å². The summed E-state index contributed by atoms with van der Waals surface area (Å²) >= 11 is 0. The van der Waals surface area contributed by atoms with E-state index in [2.05, 4.69) is 10.2 Å². The average molecular weight is 1090 g/mol. The first-order chi connectivity index (χ1) is 36.6. The van der Waals surface area contributed by atoms with E-state index < -0.39 is 127 Å². The SMILES string of the molecule is CCC(=O)O[C@@H]1CC(=O)O[C@@H](C/C=C/c2ccc(Oc3ccc(C)nn3)cc2)CCCN(C)C[C@H](O)[C@H](C)C[C@H](CC=O)[C@H](O[C@@H]2OC(C)[C@H](O[C@H]3CC(C)(OC(C)=O)[C@@H](OC(=O)CC)C(C)O3)C(N(C)C)C2O)[C@H]1OC. The van der Waals surface area contributed by atoms with Crippen LogP contribution in [0.15, 0.2) is 42.5 Å². The summed E-state index contributed by atoms with van der Waals surface area (Å²) in [6.07, 6.45) is -6.76. The molecule has 1 aromatic carbocycles. The van der Waals surface area contributed by atoms with E-state index in [0.717, 1.165) is 17.5 Å². The number of rotatable bonds is 18. The number of aliphatic hydroxyl groups excluding tert-OH is 2. The van der Waals surface area contributed by atoms with Crippen LogP contribution < -0.4 is 4.74 Å². The number of cyclic esters (lactones) is 1. The molecule has 3 saturated heterocycles. The van der Waals surface area contributed by atoms with Crippen LogP contribution in [-0.4, -0.2) is 187 Å². The fourth-order valence-corrected chi connectivity index (χ4v) is 10.4. The van der Waals surface area contributed by atoms with Crippen LogP contribution in [0.25, 0.3) is 6.08 Å². The van der Waals surface area contributed by atoms with Crippen LogP contribution in [0, 0.1) is 18.8 Å². The first-order valence-electron chi connectivity index (χ1n) is 26.9. The van der Waals surface area contributed by atoms with Gasteiger partial charge in [-0.2, -0.15) is 5.10 Å². The van der Waals surface area contributed by atoms with E-state index in [-0.39, 0.29) is 32.1 Å². The van der Waals surface area contributed by atoms with Crippen molar-refractivity contribution in [2.45, 2.75) is 198 Å². The zero-order valence-electron chi connectivity index (χ0n) is 46.9. The summed E-state index contributed by atoms with van der Waals surface area (Å²) in [5.74, 6) is -2.56. The maximum atomic E-state index is 14.2. The van der Waals surface area contributed by atoms with Gasteiger partial charge in [-0.1, -0.05) is 45.1 Å². The molecule has 2 aromatic rings. The minimum absolute atomic E-state index is 0.0300. The number of carbonyl (C=O) groups is 5. The van der Waals surface area contributed by atoms with Gasteiger partial charge in [0.2, 0.25) is 5.88 Å². The highest BCUT2D eigenvalue weighted by Crippen LogP contribution is 2.39. The van der Waals surface area contributed by atoms with Gasteiger partial charge in [-0.25, -0.2) is 0 Å². The third kappa shape index (κ3) is 18.3. The second-order valence-corrected chi connectivity index (χ2v) is 21.1. The number of aliphatic hydroxyl groups is 2. The Morgan fingerprint density at radius 1 is 0.922 bits per heavy atom. The van der Waals surface area contributed by atoms with Gasteiger partial charge < -0.3 is 72.2 Å². The first-order valence-corrected chi connectivity index (χ1v) is 26.9. The largest absolute Gasteiger partial charge is 0.462 e. The number of aromatic nitrogens is 2. The minimum atomic E-state index is -1.45. The van der Waals surface area contributed by atoms with Crippen LogP contribution in [0.1, 0.15) is 118 Å². The lowest BCUT2D eigenvalue weighted by Crippen LogP contribution is -2.66. The number of hydrogen-bond donors (Lipinski definition) is 2. The van der Waals surface area contributed by atoms with Crippen molar-refractivity contribution in [3.63, 3.8) is 0 Å². The summed E-state index contributed by atoms with van der Waals surface area (Å²) in [5, 5.41) is 32.2. The number of β-amino-alcohol motifs (C(OH)–C–C–N with tert-alkyl or cyclic N) is 1. The summed E-state index contributed by atoms with van der Waals surface area (Å²) in [7, 11) is 6.78. The lowest BCUT2D eigenvalue weighted by Gasteiger charge is -2.50. The number of benzene rings is 1. The maximum absolute atomic E-state index is 14.2. The quantitative estimate of drug-likeness (QED) is 0.106. The zero-order chi connectivity index (χ0) is 56.6. The molecule has 21 heteroatoms. The van der Waals surface area contributed by atoms with Crippen molar-refractivity contribution in [2.75, 3.05) is 41.3 Å². The Kier molecular flexibility index (Phi) is 24.4. The monoisotopic (exact) mass is 1080 g/mol.